The highest BCUT2D eigenvalue weighted by Gasteiger charge is 2.35. The minimum absolute atomic E-state index is 0.0933. The van der Waals surface area contributed by atoms with Crippen molar-refractivity contribution in [3.63, 3.8) is 0 Å². The number of aliphatic hydroxyl groups is 1. The SMILES string of the molecule is CC(=O)N1C[C@@H]2CC[C@H](C1)N(Cc1ccc(C#CCO)s1)C2. The van der Waals surface area contributed by atoms with E-state index >= 15 is 0 Å². The summed E-state index contributed by atoms with van der Waals surface area (Å²) in [4.78, 5) is 18.6. The van der Waals surface area contributed by atoms with Gasteiger partial charge in [-0.3, -0.25) is 9.69 Å². The van der Waals surface area contributed by atoms with Gasteiger partial charge in [-0.1, -0.05) is 11.8 Å². The van der Waals surface area contributed by atoms with Crippen LogP contribution in [0, 0.1) is 17.8 Å². The molecule has 3 aliphatic rings. The van der Waals surface area contributed by atoms with Gasteiger partial charge < -0.3 is 10.0 Å². The van der Waals surface area contributed by atoms with Crippen molar-refractivity contribution in [3.05, 3.63) is 21.9 Å². The van der Waals surface area contributed by atoms with Crippen LogP contribution >= 0.6 is 11.3 Å². The van der Waals surface area contributed by atoms with Crippen molar-refractivity contribution in [2.75, 3.05) is 26.2 Å². The molecule has 4 nitrogen and oxygen atoms in total. The third-order valence-electron chi connectivity index (χ3n) is 4.58. The van der Waals surface area contributed by atoms with Crippen LogP contribution in [0.2, 0.25) is 0 Å². The van der Waals surface area contributed by atoms with E-state index in [9.17, 15) is 4.79 Å². The summed E-state index contributed by atoms with van der Waals surface area (Å²) < 4.78 is 0. The summed E-state index contributed by atoms with van der Waals surface area (Å²) in [6, 6.07) is 4.64. The molecule has 118 valence electrons. The fraction of sp³-hybridized carbons (Fsp3) is 0.588. The first-order chi connectivity index (χ1) is 10.7. The van der Waals surface area contributed by atoms with E-state index in [1.807, 2.05) is 11.0 Å². The molecule has 1 aromatic rings. The van der Waals surface area contributed by atoms with Crippen LogP contribution < -0.4 is 0 Å². The predicted molar refractivity (Wildman–Crippen MR) is 87.5 cm³/mol. The van der Waals surface area contributed by atoms with E-state index in [2.05, 4.69) is 22.8 Å². The number of hydrogen-bond acceptors (Lipinski definition) is 4. The Kier molecular flexibility index (Phi) is 4.82. The largest absolute Gasteiger partial charge is 0.384 e. The van der Waals surface area contributed by atoms with E-state index in [0.717, 1.165) is 31.1 Å². The zero-order chi connectivity index (χ0) is 15.5. The number of nitrogens with zero attached hydrogens (tertiary/aromatic N) is 2. The third-order valence-corrected chi connectivity index (χ3v) is 5.57. The molecule has 2 atom stereocenters. The molecule has 0 saturated carbocycles. The van der Waals surface area contributed by atoms with Gasteiger partial charge in [-0.15, -0.1) is 11.3 Å². The molecule has 0 unspecified atom stereocenters. The highest BCUT2D eigenvalue weighted by molar-refractivity contribution is 7.12. The first-order valence-electron chi connectivity index (χ1n) is 7.83. The van der Waals surface area contributed by atoms with E-state index in [-0.39, 0.29) is 12.5 Å². The number of carbonyl (C=O) groups excluding carboxylic acids is 1. The van der Waals surface area contributed by atoms with Crippen LogP contribution in [0.5, 0.6) is 0 Å². The molecule has 4 rings (SSSR count). The lowest BCUT2D eigenvalue weighted by Gasteiger charge is -2.35. The van der Waals surface area contributed by atoms with Crippen molar-refractivity contribution in [2.24, 2.45) is 5.92 Å². The second kappa shape index (κ2) is 6.82. The van der Waals surface area contributed by atoms with Crippen molar-refractivity contribution >= 4 is 17.2 Å². The maximum Gasteiger partial charge on any atom is 0.219 e. The highest BCUT2D eigenvalue weighted by Crippen LogP contribution is 2.30. The van der Waals surface area contributed by atoms with Gasteiger partial charge in [-0.25, -0.2) is 0 Å². The van der Waals surface area contributed by atoms with Gasteiger partial charge in [-0.05, 0) is 30.9 Å². The van der Waals surface area contributed by atoms with E-state index < -0.39 is 0 Å². The highest BCUT2D eigenvalue weighted by atomic mass is 32.1. The van der Waals surface area contributed by atoms with Crippen molar-refractivity contribution in [1.82, 2.24) is 9.80 Å². The monoisotopic (exact) mass is 318 g/mol. The Morgan fingerprint density at radius 2 is 2.23 bits per heavy atom. The second-order valence-electron chi connectivity index (χ2n) is 6.18. The molecule has 2 bridgehead atoms. The lowest BCUT2D eigenvalue weighted by atomic mass is 9.95. The van der Waals surface area contributed by atoms with Crippen LogP contribution in [0.25, 0.3) is 0 Å². The molecule has 3 saturated heterocycles. The quantitative estimate of drug-likeness (QED) is 0.841. The molecule has 0 spiro atoms. The number of thiophene rings is 1. The summed E-state index contributed by atoms with van der Waals surface area (Å²) in [6.45, 7) is 5.40. The van der Waals surface area contributed by atoms with Gasteiger partial charge >= 0.3 is 0 Å². The summed E-state index contributed by atoms with van der Waals surface area (Å²) in [5, 5.41) is 8.76. The fourth-order valence-electron chi connectivity index (χ4n) is 3.49. The van der Waals surface area contributed by atoms with E-state index in [0.29, 0.717) is 12.0 Å². The molecule has 3 aliphatic heterocycles. The molecule has 4 heterocycles. The molecule has 3 fully saturated rings. The van der Waals surface area contributed by atoms with Gasteiger partial charge in [-0.2, -0.15) is 0 Å². The minimum Gasteiger partial charge on any atom is -0.384 e. The topological polar surface area (TPSA) is 43.8 Å². The Morgan fingerprint density at radius 3 is 3.00 bits per heavy atom. The summed E-state index contributed by atoms with van der Waals surface area (Å²) in [6.07, 6.45) is 2.43. The number of amides is 1. The van der Waals surface area contributed by atoms with Gasteiger partial charge in [0.2, 0.25) is 5.91 Å². The van der Waals surface area contributed by atoms with E-state index in [1.54, 1.807) is 18.3 Å². The first-order valence-corrected chi connectivity index (χ1v) is 8.65. The number of rotatable bonds is 2. The Labute approximate surface area is 135 Å². The number of hydrogen-bond donors (Lipinski definition) is 1. The lowest BCUT2D eigenvalue weighted by Crippen LogP contribution is -2.43. The molecule has 0 aromatic carbocycles. The maximum absolute atomic E-state index is 11.7. The van der Waals surface area contributed by atoms with Crippen LogP contribution in [0.1, 0.15) is 29.5 Å². The Morgan fingerprint density at radius 1 is 1.36 bits per heavy atom. The molecule has 1 amide bonds. The Balaban J connectivity index is 1.68. The van der Waals surface area contributed by atoms with Gasteiger partial charge in [0.15, 0.2) is 0 Å². The van der Waals surface area contributed by atoms with Crippen LogP contribution in [0.15, 0.2) is 12.1 Å². The molecular weight excluding hydrogens is 296 g/mol. The normalized spacial score (nSPS) is 24.7. The molecule has 5 heteroatoms. The average Bonchev–Trinajstić information content (AvgIpc) is 2.73. The summed E-state index contributed by atoms with van der Waals surface area (Å²) >= 11 is 1.70. The standard InChI is InChI=1S/C17H22N2O2S/c1-13(21)18-9-14-4-5-15(11-18)19(10-14)12-17-7-6-16(22-17)3-2-8-20/h6-7,14-15,20H,4-5,8-12H2,1H3/t14-,15+/m0/s1. The molecule has 22 heavy (non-hydrogen) atoms. The summed E-state index contributed by atoms with van der Waals surface area (Å²) in [5.41, 5.74) is 0. The number of carbonyl (C=O) groups is 1. The zero-order valence-corrected chi connectivity index (χ0v) is 13.7. The smallest absolute Gasteiger partial charge is 0.219 e. The predicted octanol–water partition coefficient (Wildman–Crippen LogP) is 1.53. The Bertz CT molecular complexity index is 601. The van der Waals surface area contributed by atoms with Gasteiger partial charge in [0.1, 0.15) is 6.61 Å². The average molecular weight is 318 g/mol. The molecule has 0 aliphatic carbocycles. The lowest BCUT2D eigenvalue weighted by molar-refractivity contribution is -0.129. The number of fused-ring (bicyclic) bond motifs is 4. The number of aliphatic hydroxyl groups excluding tert-OH is 1. The first kappa shape index (κ1) is 15.5. The van der Waals surface area contributed by atoms with Crippen LogP contribution in [0.3, 0.4) is 0 Å². The van der Waals surface area contributed by atoms with Crippen molar-refractivity contribution in [1.29, 1.82) is 0 Å². The van der Waals surface area contributed by atoms with Crippen LogP contribution in [0.4, 0.5) is 0 Å². The van der Waals surface area contributed by atoms with Crippen LogP contribution in [-0.4, -0.2) is 53.1 Å². The van der Waals surface area contributed by atoms with Crippen LogP contribution in [-0.2, 0) is 11.3 Å². The maximum atomic E-state index is 11.7. The van der Waals surface area contributed by atoms with Crippen molar-refractivity contribution in [3.8, 4) is 11.8 Å². The van der Waals surface area contributed by atoms with Gasteiger partial charge in [0.05, 0.1) is 4.88 Å². The summed E-state index contributed by atoms with van der Waals surface area (Å²) in [5.74, 6) is 6.48. The number of piperidine rings is 1. The minimum atomic E-state index is -0.0933. The fourth-order valence-corrected chi connectivity index (χ4v) is 4.39. The van der Waals surface area contributed by atoms with E-state index in [1.165, 1.54) is 17.7 Å². The van der Waals surface area contributed by atoms with Gasteiger partial charge in [0.25, 0.3) is 0 Å². The Hall–Kier alpha value is -1.35. The van der Waals surface area contributed by atoms with Crippen molar-refractivity contribution in [2.45, 2.75) is 32.4 Å². The molecular formula is C17H22N2O2S. The van der Waals surface area contributed by atoms with E-state index in [4.69, 9.17) is 5.11 Å². The van der Waals surface area contributed by atoms with Gasteiger partial charge in [0, 0.05) is 44.0 Å². The molecule has 0 radical (unpaired) electrons. The summed E-state index contributed by atoms with van der Waals surface area (Å²) in [7, 11) is 0. The van der Waals surface area contributed by atoms with Crippen molar-refractivity contribution < 1.29 is 9.90 Å². The second-order valence-corrected chi connectivity index (χ2v) is 7.34. The molecule has 1 N–H and O–H groups in total. The third kappa shape index (κ3) is 3.52. The zero-order valence-electron chi connectivity index (χ0n) is 12.9. The molecule has 1 aromatic heterocycles.